The van der Waals surface area contributed by atoms with Crippen LogP contribution in [-0.2, 0) is 27.8 Å². The first-order valence-corrected chi connectivity index (χ1v) is 12.5. The highest BCUT2D eigenvalue weighted by Crippen LogP contribution is 2.35. The van der Waals surface area contributed by atoms with E-state index in [9.17, 15) is 31.1 Å². The Morgan fingerprint density at radius 1 is 1.14 bits per heavy atom. The average molecular weight is 534 g/mol. The second-order valence-electron chi connectivity index (χ2n) is 8.50. The second kappa shape index (κ2) is 10.3. The summed E-state index contributed by atoms with van der Waals surface area (Å²) >= 11 is 3.41. The molecular weight excluding hydrogens is 512 g/mol. The van der Waals surface area contributed by atoms with E-state index in [0.29, 0.717) is 50.3 Å². The number of hydrogen-bond acceptors (Lipinski definition) is 6. The molecule has 35 heavy (non-hydrogen) atoms. The SMILES string of the molecule is O=C1[C@@H](Nc2ccc(CS(=O)[O-])cc2F)CCN1C1CCN(c2ccc(C(F)(F)F)c(Cl)n2)CC1. The molecule has 0 bridgehead atoms. The molecule has 2 aliphatic heterocycles. The van der Waals surface area contributed by atoms with Crippen LogP contribution >= 0.6 is 11.6 Å². The standard InChI is InChI=1S/C22H23ClF4N4O3S/c23-20-15(22(25,26)27)2-4-19(29-20)30-8-5-14(6-9-30)31-10-7-18(21(31)32)28-17-3-1-13(11-16(17)24)12-35(33)34/h1-4,11,14,18,28H,5-10,12H2,(H,33,34)/p-1/t18-/m0/s1. The van der Waals surface area contributed by atoms with E-state index in [1.807, 2.05) is 4.90 Å². The first-order valence-electron chi connectivity index (χ1n) is 10.9. The molecule has 1 aromatic carbocycles. The lowest BCUT2D eigenvalue weighted by Gasteiger charge is -2.37. The van der Waals surface area contributed by atoms with E-state index < -0.39 is 39.8 Å². The third kappa shape index (κ3) is 5.87. The van der Waals surface area contributed by atoms with Crippen molar-refractivity contribution in [1.29, 1.82) is 0 Å². The highest BCUT2D eigenvalue weighted by Gasteiger charge is 2.38. The number of likely N-dealkylation sites (tertiary alicyclic amines) is 1. The summed E-state index contributed by atoms with van der Waals surface area (Å²) in [5, 5.41) is 2.32. The number of anilines is 2. The first kappa shape index (κ1) is 25.6. The summed E-state index contributed by atoms with van der Waals surface area (Å²) < 4.78 is 74.7. The summed E-state index contributed by atoms with van der Waals surface area (Å²) in [5.74, 6) is -0.716. The van der Waals surface area contributed by atoms with E-state index in [0.717, 1.165) is 12.1 Å². The van der Waals surface area contributed by atoms with Gasteiger partial charge in [0.1, 0.15) is 22.8 Å². The smallest absolute Gasteiger partial charge is 0.419 e. The average Bonchev–Trinajstić information content (AvgIpc) is 3.14. The zero-order valence-corrected chi connectivity index (χ0v) is 19.9. The van der Waals surface area contributed by atoms with Crippen molar-refractivity contribution in [2.75, 3.05) is 29.9 Å². The van der Waals surface area contributed by atoms with Gasteiger partial charge in [-0.3, -0.25) is 9.00 Å². The Morgan fingerprint density at radius 2 is 1.86 bits per heavy atom. The number of amides is 1. The van der Waals surface area contributed by atoms with Gasteiger partial charge in [-0.15, -0.1) is 0 Å². The lowest BCUT2D eigenvalue weighted by Crippen LogP contribution is -2.47. The Bertz CT molecular complexity index is 1130. The fourth-order valence-electron chi connectivity index (χ4n) is 4.51. The van der Waals surface area contributed by atoms with Crippen LogP contribution in [-0.4, -0.2) is 56.3 Å². The van der Waals surface area contributed by atoms with Crippen molar-refractivity contribution < 1.29 is 31.1 Å². The van der Waals surface area contributed by atoms with Gasteiger partial charge in [0.25, 0.3) is 0 Å². The van der Waals surface area contributed by atoms with E-state index in [1.165, 1.54) is 18.2 Å². The minimum absolute atomic E-state index is 0.0465. The number of nitrogens with zero attached hydrogens (tertiary/aromatic N) is 3. The van der Waals surface area contributed by atoms with Gasteiger partial charge in [0.2, 0.25) is 5.91 Å². The van der Waals surface area contributed by atoms with Gasteiger partial charge < -0.3 is 19.7 Å². The summed E-state index contributed by atoms with van der Waals surface area (Å²) in [5.41, 5.74) is -0.535. The quantitative estimate of drug-likeness (QED) is 0.344. The number of pyridine rings is 1. The molecule has 2 aliphatic rings. The lowest BCUT2D eigenvalue weighted by molar-refractivity contribution is -0.137. The van der Waals surface area contributed by atoms with Gasteiger partial charge >= 0.3 is 6.18 Å². The van der Waals surface area contributed by atoms with Crippen molar-refractivity contribution in [3.63, 3.8) is 0 Å². The first-order chi connectivity index (χ1) is 16.5. The van der Waals surface area contributed by atoms with Gasteiger partial charge in [-0.1, -0.05) is 28.7 Å². The summed E-state index contributed by atoms with van der Waals surface area (Å²) in [4.78, 5) is 20.5. The normalized spacial score (nSPS) is 20.4. The summed E-state index contributed by atoms with van der Waals surface area (Å²) in [6.07, 6.45) is -2.87. The zero-order chi connectivity index (χ0) is 25.3. The van der Waals surface area contributed by atoms with Gasteiger partial charge in [-0.05, 0) is 49.1 Å². The minimum atomic E-state index is -4.57. The molecule has 0 radical (unpaired) electrons. The van der Waals surface area contributed by atoms with Gasteiger partial charge in [0, 0.05) is 31.4 Å². The predicted octanol–water partition coefficient (Wildman–Crippen LogP) is 3.95. The molecule has 190 valence electrons. The van der Waals surface area contributed by atoms with Crippen LogP contribution in [0.2, 0.25) is 5.15 Å². The van der Waals surface area contributed by atoms with Crippen molar-refractivity contribution in [2.24, 2.45) is 0 Å². The number of nitrogens with one attached hydrogen (secondary N) is 1. The molecule has 7 nitrogen and oxygen atoms in total. The lowest BCUT2D eigenvalue weighted by atomic mass is 10.0. The van der Waals surface area contributed by atoms with Crippen LogP contribution in [0.3, 0.4) is 0 Å². The number of carbonyl (C=O) groups excluding carboxylic acids is 1. The maximum Gasteiger partial charge on any atom is 0.419 e. The van der Waals surface area contributed by atoms with Crippen LogP contribution in [0.5, 0.6) is 0 Å². The Morgan fingerprint density at radius 3 is 2.46 bits per heavy atom. The summed E-state index contributed by atoms with van der Waals surface area (Å²) in [7, 11) is 0. The highest BCUT2D eigenvalue weighted by atomic mass is 35.5. The van der Waals surface area contributed by atoms with Gasteiger partial charge in [-0.2, -0.15) is 13.2 Å². The minimum Gasteiger partial charge on any atom is -0.772 e. The fraction of sp³-hybridized carbons (Fsp3) is 0.455. The molecule has 0 spiro atoms. The van der Waals surface area contributed by atoms with Crippen molar-refractivity contribution in [2.45, 2.75) is 43.3 Å². The van der Waals surface area contributed by atoms with E-state index in [-0.39, 0.29) is 23.4 Å². The molecule has 1 N–H and O–H groups in total. The largest absolute Gasteiger partial charge is 0.772 e. The fourth-order valence-corrected chi connectivity index (χ4v) is 5.22. The van der Waals surface area contributed by atoms with E-state index >= 15 is 0 Å². The molecule has 1 unspecified atom stereocenters. The molecule has 1 aromatic heterocycles. The molecule has 2 aromatic rings. The number of piperidine rings is 1. The third-order valence-corrected chi connectivity index (χ3v) is 7.11. The summed E-state index contributed by atoms with van der Waals surface area (Å²) in [6.45, 7) is 1.50. The van der Waals surface area contributed by atoms with E-state index in [2.05, 4.69) is 10.3 Å². The molecular formula is C22H22ClF4N4O3S-. The zero-order valence-electron chi connectivity index (χ0n) is 18.4. The monoisotopic (exact) mass is 533 g/mol. The molecule has 0 aliphatic carbocycles. The molecule has 13 heteroatoms. The Kier molecular flexibility index (Phi) is 7.53. The molecule has 4 rings (SSSR count). The third-order valence-electron chi connectivity index (χ3n) is 6.26. The summed E-state index contributed by atoms with van der Waals surface area (Å²) in [6, 6.07) is 5.62. The van der Waals surface area contributed by atoms with Gasteiger partial charge in [0.15, 0.2) is 0 Å². The Hall–Kier alpha value is -2.44. The number of aromatic nitrogens is 1. The van der Waals surface area contributed by atoms with E-state index in [1.54, 1.807) is 4.90 Å². The van der Waals surface area contributed by atoms with Crippen LogP contribution < -0.4 is 10.2 Å². The van der Waals surface area contributed by atoms with Crippen LogP contribution in [0.1, 0.15) is 30.4 Å². The topological polar surface area (TPSA) is 88.6 Å². The van der Waals surface area contributed by atoms with Crippen molar-refractivity contribution >= 4 is 40.1 Å². The molecule has 2 fully saturated rings. The maximum absolute atomic E-state index is 14.4. The van der Waals surface area contributed by atoms with Crippen LogP contribution in [0.4, 0.5) is 29.1 Å². The Labute approximate surface area is 206 Å². The maximum atomic E-state index is 14.4. The second-order valence-corrected chi connectivity index (χ2v) is 9.76. The number of hydrogen-bond donors (Lipinski definition) is 1. The molecule has 3 heterocycles. The van der Waals surface area contributed by atoms with Gasteiger partial charge in [-0.25, -0.2) is 9.37 Å². The Balaban J connectivity index is 1.34. The number of carbonyl (C=O) groups is 1. The van der Waals surface area contributed by atoms with Crippen LogP contribution in [0.25, 0.3) is 0 Å². The molecule has 0 saturated carbocycles. The number of benzene rings is 1. The number of alkyl halides is 3. The van der Waals surface area contributed by atoms with E-state index in [4.69, 9.17) is 11.6 Å². The van der Waals surface area contributed by atoms with Crippen molar-refractivity contribution in [3.05, 3.63) is 52.4 Å². The van der Waals surface area contributed by atoms with Crippen molar-refractivity contribution in [3.8, 4) is 0 Å². The predicted molar refractivity (Wildman–Crippen MR) is 122 cm³/mol. The van der Waals surface area contributed by atoms with Crippen LogP contribution in [0, 0.1) is 5.82 Å². The van der Waals surface area contributed by atoms with Crippen molar-refractivity contribution in [1.82, 2.24) is 9.88 Å². The number of rotatable bonds is 6. The highest BCUT2D eigenvalue weighted by molar-refractivity contribution is 7.78. The molecule has 1 amide bonds. The number of halogens is 5. The molecule has 2 atom stereocenters. The molecule has 2 saturated heterocycles. The van der Waals surface area contributed by atoms with Gasteiger partial charge in [0.05, 0.1) is 11.3 Å². The van der Waals surface area contributed by atoms with Crippen LogP contribution in [0.15, 0.2) is 30.3 Å².